The molecule has 152 valence electrons. The molecule has 2 aromatic carbocycles. The topological polar surface area (TPSA) is 45.7 Å². The van der Waals surface area contributed by atoms with Crippen LogP contribution in [0.25, 0.3) is 10.2 Å². The second-order valence-electron chi connectivity index (χ2n) is 6.86. The summed E-state index contributed by atoms with van der Waals surface area (Å²) in [5.41, 5.74) is 0.964. The zero-order valence-corrected chi connectivity index (χ0v) is 18.1. The smallest absolute Gasteiger partial charge is 0.222 e. The Morgan fingerprint density at radius 3 is 2.69 bits per heavy atom. The molecule has 1 aliphatic rings. The molecule has 0 aliphatic carbocycles. The lowest BCUT2D eigenvalue weighted by molar-refractivity contribution is -0.131. The number of anilines is 1. The minimum absolute atomic E-state index is 0.170. The standard InChI is InChI=1S/C21H21Cl2N3O2S/c22-15-7-8-17-19(14-15)29-21(24-17)26-11-9-25(10-12-26)20(27)6-3-13-28-18-5-2-1-4-16(18)23/h1-2,4-5,7-8,14H,3,6,9-13H2. The molecule has 4 rings (SSSR count). The summed E-state index contributed by atoms with van der Waals surface area (Å²) in [5.74, 6) is 0.829. The Kier molecular flexibility index (Phi) is 6.43. The predicted octanol–water partition coefficient (Wildman–Crippen LogP) is 5.11. The number of para-hydroxylation sites is 1. The number of nitrogens with zero attached hydrogens (tertiary/aromatic N) is 3. The van der Waals surface area contributed by atoms with Gasteiger partial charge in [0.05, 0.1) is 21.8 Å². The van der Waals surface area contributed by atoms with Gasteiger partial charge in [-0.25, -0.2) is 4.98 Å². The second-order valence-corrected chi connectivity index (χ2v) is 8.71. The number of piperazine rings is 1. The van der Waals surface area contributed by atoms with Crippen LogP contribution in [0.5, 0.6) is 5.75 Å². The van der Waals surface area contributed by atoms with Gasteiger partial charge < -0.3 is 14.5 Å². The van der Waals surface area contributed by atoms with Gasteiger partial charge in [-0.3, -0.25) is 4.79 Å². The fraction of sp³-hybridized carbons (Fsp3) is 0.333. The molecule has 0 unspecified atom stereocenters. The number of thiazole rings is 1. The van der Waals surface area contributed by atoms with Crippen molar-refractivity contribution in [1.82, 2.24) is 9.88 Å². The summed E-state index contributed by atoms with van der Waals surface area (Å²) in [6.45, 7) is 3.47. The molecule has 0 atom stereocenters. The maximum atomic E-state index is 12.5. The normalized spacial score (nSPS) is 14.4. The zero-order valence-electron chi connectivity index (χ0n) is 15.8. The average Bonchev–Trinajstić information content (AvgIpc) is 3.15. The molecule has 1 saturated heterocycles. The highest BCUT2D eigenvalue weighted by Crippen LogP contribution is 2.31. The molecule has 0 saturated carbocycles. The Bertz CT molecular complexity index is 1000. The van der Waals surface area contributed by atoms with Gasteiger partial charge in [0.15, 0.2) is 5.13 Å². The molecule has 0 spiro atoms. The predicted molar refractivity (Wildman–Crippen MR) is 120 cm³/mol. The number of halogens is 2. The number of aromatic nitrogens is 1. The SMILES string of the molecule is O=C(CCCOc1ccccc1Cl)N1CCN(c2nc3ccc(Cl)cc3s2)CC1. The third-order valence-corrected chi connectivity index (χ3v) is 6.50. The Hall–Kier alpha value is -2.02. The van der Waals surface area contributed by atoms with Crippen molar-refractivity contribution in [3.63, 3.8) is 0 Å². The van der Waals surface area contributed by atoms with E-state index in [0.717, 1.165) is 33.5 Å². The molecule has 2 heterocycles. The van der Waals surface area contributed by atoms with E-state index in [1.165, 1.54) is 0 Å². The van der Waals surface area contributed by atoms with Crippen LogP contribution in [-0.4, -0.2) is 48.6 Å². The molecule has 29 heavy (non-hydrogen) atoms. The van der Waals surface area contributed by atoms with E-state index in [-0.39, 0.29) is 5.91 Å². The molecule has 3 aromatic rings. The Labute approximate surface area is 183 Å². The summed E-state index contributed by atoms with van der Waals surface area (Å²) in [6, 6.07) is 13.1. The van der Waals surface area contributed by atoms with Crippen molar-refractivity contribution in [1.29, 1.82) is 0 Å². The molecule has 1 fully saturated rings. The van der Waals surface area contributed by atoms with Crippen molar-refractivity contribution in [2.75, 3.05) is 37.7 Å². The number of ether oxygens (including phenoxy) is 1. The fourth-order valence-electron chi connectivity index (χ4n) is 3.29. The summed E-state index contributed by atoms with van der Waals surface area (Å²) in [4.78, 5) is 21.4. The molecular weight excluding hydrogens is 429 g/mol. The van der Waals surface area contributed by atoms with Crippen molar-refractivity contribution < 1.29 is 9.53 Å². The molecule has 1 aromatic heterocycles. The number of hydrogen-bond acceptors (Lipinski definition) is 5. The number of carbonyl (C=O) groups excluding carboxylic acids is 1. The highest BCUT2D eigenvalue weighted by atomic mass is 35.5. The van der Waals surface area contributed by atoms with Crippen LogP contribution in [0.2, 0.25) is 10.0 Å². The van der Waals surface area contributed by atoms with Crippen LogP contribution in [0.15, 0.2) is 42.5 Å². The van der Waals surface area contributed by atoms with Gasteiger partial charge >= 0.3 is 0 Å². The molecule has 0 radical (unpaired) electrons. The Morgan fingerprint density at radius 1 is 1.10 bits per heavy atom. The van der Waals surface area contributed by atoms with E-state index in [4.69, 9.17) is 32.9 Å². The highest BCUT2D eigenvalue weighted by molar-refractivity contribution is 7.22. The van der Waals surface area contributed by atoms with Crippen LogP contribution >= 0.6 is 34.5 Å². The molecule has 0 N–H and O–H groups in total. The monoisotopic (exact) mass is 449 g/mol. The van der Waals surface area contributed by atoms with Crippen molar-refractivity contribution >= 4 is 55.8 Å². The third kappa shape index (κ3) is 4.94. The first-order valence-electron chi connectivity index (χ1n) is 9.56. The Morgan fingerprint density at radius 2 is 1.90 bits per heavy atom. The molecule has 8 heteroatoms. The lowest BCUT2D eigenvalue weighted by Crippen LogP contribution is -2.48. The van der Waals surface area contributed by atoms with E-state index >= 15 is 0 Å². The van der Waals surface area contributed by atoms with Gasteiger partial charge in [-0.1, -0.05) is 46.7 Å². The quantitative estimate of drug-likeness (QED) is 0.490. The van der Waals surface area contributed by atoms with Gasteiger partial charge in [0.2, 0.25) is 5.91 Å². The van der Waals surface area contributed by atoms with Crippen molar-refractivity contribution in [3.05, 3.63) is 52.5 Å². The second kappa shape index (κ2) is 9.20. The van der Waals surface area contributed by atoms with Crippen LogP contribution in [0, 0.1) is 0 Å². The molecule has 5 nitrogen and oxygen atoms in total. The van der Waals surface area contributed by atoms with E-state index in [2.05, 4.69) is 4.90 Å². The van der Waals surface area contributed by atoms with E-state index < -0.39 is 0 Å². The summed E-state index contributed by atoms with van der Waals surface area (Å²) >= 11 is 13.8. The maximum Gasteiger partial charge on any atom is 0.222 e. The zero-order chi connectivity index (χ0) is 20.2. The summed E-state index contributed by atoms with van der Waals surface area (Å²) in [7, 11) is 0. The van der Waals surface area contributed by atoms with Gasteiger partial charge in [-0.15, -0.1) is 0 Å². The number of amides is 1. The fourth-order valence-corrected chi connectivity index (χ4v) is 4.78. The van der Waals surface area contributed by atoms with Gasteiger partial charge in [0.25, 0.3) is 0 Å². The highest BCUT2D eigenvalue weighted by Gasteiger charge is 2.23. The van der Waals surface area contributed by atoms with Gasteiger partial charge in [-0.05, 0) is 36.8 Å². The van der Waals surface area contributed by atoms with Gasteiger partial charge in [0.1, 0.15) is 5.75 Å². The maximum absolute atomic E-state index is 12.5. The van der Waals surface area contributed by atoms with Crippen LogP contribution < -0.4 is 9.64 Å². The third-order valence-electron chi connectivity index (χ3n) is 4.87. The first-order chi connectivity index (χ1) is 14.1. The summed E-state index contributed by atoms with van der Waals surface area (Å²) in [6.07, 6.45) is 1.15. The average molecular weight is 450 g/mol. The first-order valence-corrected chi connectivity index (χ1v) is 11.1. The molecule has 0 bridgehead atoms. The van der Waals surface area contributed by atoms with Crippen molar-refractivity contribution in [2.45, 2.75) is 12.8 Å². The Balaban J connectivity index is 1.23. The van der Waals surface area contributed by atoms with Crippen LogP contribution in [0.3, 0.4) is 0 Å². The van der Waals surface area contributed by atoms with Crippen LogP contribution in [0.4, 0.5) is 5.13 Å². The number of carbonyl (C=O) groups is 1. The summed E-state index contributed by atoms with van der Waals surface area (Å²) < 4.78 is 6.75. The number of hydrogen-bond donors (Lipinski definition) is 0. The number of rotatable bonds is 6. The minimum Gasteiger partial charge on any atom is -0.492 e. The number of fused-ring (bicyclic) bond motifs is 1. The lowest BCUT2D eigenvalue weighted by atomic mass is 10.2. The van der Waals surface area contributed by atoms with E-state index in [1.807, 2.05) is 41.3 Å². The first kappa shape index (κ1) is 20.3. The van der Waals surface area contributed by atoms with Crippen molar-refractivity contribution in [2.24, 2.45) is 0 Å². The van der Waals surface area contributed by atoms with Crippen LogP contribution in [-0.2, 0) is 4.79 Å². The lowest BCUT2D eigenvalue weighted by Gasteiger charge is -2.34. The number of benzene rings is 2. The molecule has 1 aliphatic heterocycles. The van der Waals surface area contributed by atoms with E-state index in [1.54, 1.807) is 17.4 Å². The molecular formula is C21H21Cl2N3O2S. The van der Waals surface area contributed by atoms with E-state index in [0.29, 0.717) is 43.3 Å². The van der Waals surface area contributed by atoms with Crippen molar-refractivity contribution in [3.8, 4) is 5.75 Å². The molecule has 1 amide bonds. The largest absolute Gasteiger partial charge is 0.492 e. The van der Waals surface area contributed by atoms with E-state index in [9.17, 15) is 4.79 Å². The minimum atomic E-state index is 0.170. The van der Waals surface area contributed by atoms with Crippen LogP contribution in [0.1, 0.15) is 12.8 Å². The van der Waals surface area contributed by atoms with Gasteiger partial charge in [-0.2, -0.15) is 0 Å². The van der Waals surface area contributed by atoms with Gasteiger partial charge in [0, 0.05) is 37.6 Å². The summed E-state index contributed by atoms with van der Waals surface area (Å²) in [5, 5.41) is 2.30.